The fraction of sp³-hybridized carbons (Fsp3) is 0.444. The largest absolute Gasteiger partial charge is 0.481 e. The Hall–Kier alpha value is -2.03. The Morgan fingerprint density at radius 3 is 2.33 bits per heavy atom. The van der Waals surface area contributed by atoms with Gasteiger partial charge in [0.25, 0.3) is 0 Å². The van der Waals surface area contributed by atoms with E-state index in [9.17, 15) is 13.9 Å². The molecule has 6 nitrogen and oxygen atoms in total. The van der Waals surface area contributed by atoms with Crippen molar-refractivity contribution in [2.24, 2.45) is 0 Å². The molecule has 0 radical (unpaired) electrons. The third-order valence-electron chi connectivity index (χ3n) is 4.74. The van der Waals surface area contributed by atoms with Crippen LogP contribution in [-0.2, 0) is 12.1 Å². The van der Waals surface area contributed by atoms with Gasteiger partial charge in [0.2, 0.25) is 5.88 Å². The van der Waals surface area contributed by atoms with Crippen LogP contribution in [0.15, 0.2) is 24.4 Å². The fourth-order valence-electron chi connectivity index (χ4n) is 3.18. The first-order valence-corrected chi connectivity index (χ1v) is 8.30. The Kier molecular flexibility index (Phi) is 6.91. The summed E-state index contributed by atoms with van der Waals surface area (Å²) in [5.74, 6) is -0.861. The summed E-state index contributed by atoms with van der Waals surface area (Å²) in [6, 6.07) is 4.00. The summed E-state index contributed by atoms with van der Waals surface area (Å²) < 4.78 is 37.9. The highest BCUT2D eigenvalue weighted by molar-refractivity contribution is 5.85. The molecule has 148 valence electrons. The molecule has 1 aromatic carbocycles. The molecule has 9 heteroatoms. The van der Waals surface area contributed by atoms with Crippen LogP contribution in [0.25, 0.3) is 0 Å². The highest BCUT2D eigenvalue weighted by Gasteiger charge is 2.37. The standard InChI is InChI=1S/C18H21F2N3O3.ClH/c1-25-16-13(10-21-17(22-16)26-2)18(24)6-8-23(9-7-18)11-12-14(19)4-3-5-15(12)20;/h3-5,10,24H,6-9,11H2,1-2H3;1H. The molecule has 1 aliphatic rings. The van der Waals surface area contributed by atoms with E-state index in [1.165, 1.54) is 38.6 Å². The van der Waals surface area contributed by atoms with E-state index in [2.05, 4.69) is 9.97 Å². The monoisotopic (exact) mass is 401 g/mol. The first kappa shape index (κ1) is 21.3. The van der Waals surface area contributed by atoms with Gasteiger partial charge in [0.05, 0.1) is 25.4 Å². The summed E-state index contributed by atoms with van der Waals surface area (Å²) in [6.07, 6.45) is 2.24. The van der Waals surface area contributed by atoms with Crippen molar-refractivity contribution in [1.82, 2.24) is 14.9 Å². The SMILES string of the molecule is COc1ncc(C2(O)CCN(Cc3c(F)cccc3F)CC2)c(OC)n1.Cl. The molecule has 3 rings (SSSR count). The molecular weight excluding hydrogens is 380 g/mol. The van der Waals surface area contributed by atoms with Gasteiger partial charge in [0.1, 0.15) is 11.6 Å². The summed E-state index contributed by atoms with van der Waals surface area (Å²) >= 11 is 0. The zero-order chi connectivity index (χ0) is 18.7. The van der Waals surface area contributed by atoms with Crippen molar-refractivity contribution >= 4 is 12.4 Å². The summed E-state index contributed by atoms with van der Waals surface area (Å²) in [5.41, 5.74) is -0.636. The van der Waals surface area contributed by atoms with Crippen molar-refractivity contribution < 1.29 is 23.4 Å². The van der Waals surface area contributed by atoms with Crippen molar-refractivity contribution in [1.29, 1.82) is 0 Å². The third kappa shape index (κ3) is 4.45. The van der Waals surface area contributed by atoms with E-state index in [-0.39, 0.29) is 36.4 Å². The molecule has 0 bridgehead atoms. The second-order valence-electron chi connectivity index (χ2n) is 6.29. The molecule has 2 heterocycles. The molecule has 27 heavy (non-hydrogen) atoms. The molecule has 0 unspecified atom stereocenters. The van der Waals surface area contributed by atoms with Crippen molar-refractivity contribution in [3.05, 3.63) is 47.2 Å². The number of benzene rings is 1. The van der Waals surface area contributed by atoms with Gasteiger partial charge in [0.15, 0.2) is 0 Å². The first-order chi connectivity index (χ1) is 12.5. The summed E-state index contributed by atoms with van der Waals surface area (Å²) in [5, 5.41) is 11.0. The van der Waals surface area contributed by atoms with Gasteiger partial charge in [-0.05, 0) is 25.0 Å². The van der Waals surface area contributed by atoms with Crippen molar-refractivity contribution in [3.63, 3.8) is 0 Å². The number of rotatable bonds is 5. The van der Waals surface area contributed by atoms with Crippen molar-refractivity contribution in [2.75, 3.05) is 27.3 Å². The van der Waals surface area contributed by atoms with E-state index in [0.717, 1.165) is 0 Å². The minimum Gasteiger partial charge on any atom is -0.481 e. The average Bonchev–Trinajstić information content (AvgIpc) is 2.66. The zero-order valence-corrected chi connectivity index (χ0v) is 15.9. The number of likely N-dealkylation sites (tertiary alicyclic amines) is 1. The number of halogens is 3. The van der Waals surface area contributed by atoms with Crippen LogP contribution in [0.4, 0.5) is 8.78 Å². The maximum absolute atomic E-state index is 13.8. The van der Waals surface area contributed by atoms with Crippen LogP contribution in [0.3, 0.4) is 0 Å². The zero-order valence-electron chi connectivity index (χ0n) is 15.1. The van der Waals surface area contributed by atoms with Crippen LogP contribution in [0, 0.1) is 11.6 Å². The van der Waals surface area contributed by atoms with Gasteiger partial charge in [-0.3, -0.25) is 4.90 Å². The first-order valence-electron chi connectivity index (χ1n) is 8.30. The topological polar surface area (TPSA) is 67.7 Å². The van der Waals surface area contributed by atoms with Crippen LogP contribution in [0.1, 0.15) is 24.0 Å². The predicted molar refractivity (Wildman–Crippen MR) is 97.1 cm³/mol. The number of piperidine rings is 1. The Balaban J connectivity index is 0.00000261. The number of aromatic nitrogens is 2. The number of hydrogen-bond acceptors (Lipinski definition) is 6. The Labute approximate surface area is 162 Å². The molecule has 0 spiro atoms. The summed E-state index contributed by atoms with van der Waals surface area (Å²) in [6.45, 7) is 1.10. The molecule has 1 N–H and O–H groups in total. The molecule has 1 aliphatic heterocycles. The van der Waals surface area contributed by atoms with Crippen molar-refractivity contribution in [3.8, 4) is 11.9 Å². The second-order valence-corrected chi connectivity index (χ2v) is 6.29. The maximum Gasteiger partial charge on any atom is 0.319 e. The van der Waals surface area contributed by atoms with Gasteiger partial charge in [-0.1, -0.05) is 6.07 Å². The molecule has 1 fully saturated rings. The van der Waals surface area contributed by atoms with Gasteiger partial charge >= 0.3 is 6.01 Å². The van der Waals surface area contributed by atoms with Gasteiger partial charge in [0, 0.05) is 31.4 Å². The number of nitrogens with zero attached hydrogens (tertiary/aromatic N) is 3. The Morgan fingerprint density at radius 1 is 1.15 bits per heavy atom. The van der Waals surface area contributed by atoms with Crippen LogP contribution in [0.2, 0.25) is 0 Å². The molecule has 0 aliphatic carbocycles. The quantitative estimate of drug-likeness (QED) is 0.830. The summed E-state index contributed by atoms with van der Waals surface area (Å²) in [4.78, 5) is 10.1. The molecule has 2 aromatic rings. The van der Waals surface area contributed by atoms with Crippen LogP contribution in [-0.4, -0.2) is 47.3 Å². The lowest BCUT2D eigenvalue weighted by Crippen LogP contribution is -2.42. The number of ether oxygens (including phenoxy) is 2. The second kappa shape index (κ2) is 8.77. The highest BCUT2D eigenvalue weighted by atomic mass is 35.5. The van der Waals surface area contributed by atoms with E-state index in [1.807, 2.05) is 4.90 Å². The molecule has 1 aromatic heterocycles. The van der Waals surface area contributed by atoms with Crippen LogP contribution < -0.4 is 9.47 Å². The van der Waals surface area contributed by atoms with Crippen LogP contribution >= 0.6 is 12.4 Å². The number of hydrogen-bond donors (Lipinski definition) is 1. The molecule has 0 saturated carbocycles. The van der Waals surface area contributed by atoms with E-state index in [0.29, 0.717) is 31.5 Å². The minimum atomic E-state index is -1.16. The fourth-order valence-corrected chi connectivity index (χ4v) is 3.18. The Morgan fingerprint density at radius 2 is 1.78 bits per heavy atom. The molecule has 0 atom stereocenters. The molecule has 1 saturated heterocycles. The van der Waals surface area contributed by atoms with Gasteiger partial charge < -0.3 is 14.6 Å². The lowest BCUT2D eigenvalue weighted by atomic mass is 9.85. The van der Waals surface area contributed by atoms with Crippen molar-refractivity contribution in [2.45, 2.75) is 25.0 Å². The molecule has 0 amide bonds. The van der Waals surface area contributed by atoms with Gasteiger partial charge in [-0.2, -0.15) is 4.98 Å². The number of methoxy groups -OCH3 is 2. The molecular formula is C18H22ClF2N3O3. The summed E-state index contributed by atoms with van der Waals surface area (Å²) in [7, 11) is 2.91. The maximum atomic E-state index is 13.8. The lowest BCUT2D eigenvalue weighted by molar-refractivity contribution is -0.0303. The van der Waals surface area contributed by atoms with E-state index in [4.69, 9.17) is 9.47 Å². The predicted octanol–water partition coefficient (Wildman–Crippen LogP) is 2.68. The lowest BCUT2D eigenvalue weighted by Gasteiger charge is -2.38. The minimum absolute atomic E-state index is 0. The van der Waals surface area contributed by atoms with E-state index < -0.39 is 17.2 Å². The van der Waals surface area contributed by atoms with E-state index >= 15 is 0 Å². The van der Waals surface area contributed by atoms with Gasteiger partial charge in [-0.25, -0.2) is 13.8 Å². The number of aliphatic hydroxyl groups is 1. The van der Waals surface area contributed by atoms with E-state index in [1.54, 1.807) is 0 Å². The highest BCUT2D eigenvalue weighted by Crippen LogP contribution is 2.37. The normalized spacial score (nSPS) is 16.5. The third-order valence-corrected chi connectivity index (χ3v) is 4.74. The van der Waals surface area contributed by atoms with Crippen LogP contribution in [0.5, 0.6) is 11.9 Å². The smallest absolute Gasteiger partial charge is 0.319 e. The Bertz CT molecular complexity index is 766. The van der Waals surface area contributed by atoms with Gasteiger partial charge in [-0.15, -0.1) is 12.4 Å². The average molecular weight is 402 g/mol.